The average Bonchev–Trinajstić information content (AvgIpc) is 1.38. The highest BCUT2D eigenvalue weighted by Crippen LogP contribution is 2.44. The van der Waals surface area contributed by atoms with Gasteiger partial charge in [0.15, 0.2) is 0 Å². The Morgan fingerprint density at radius 1 is 0.791 bits per heavy atom. The number of alkyl halides is 3. The molecule has 1 aliphatic carbocycles. The minimum atomic E-state index is -6.08. The highest BCUT2D eigenvalue weighted by molar-refractivity contribution is 7.99. The summed E-state index contributed by atoms with van der Waals surface area (Å²) in [6, 6.07) is 26.0. The van der Waals surface area contributed by atoms with Crippen LogP contribution in [0.25, 0.3) is 5.57 Å². The number of allylic oxidation sites excluding steroid dienone is 1. The highest BCUT2D eigenvalue weighted by Gasteiger charge is 2.49. The van der Waals surface area contributed by atoms with Crippen molar-refractivity contribution in [1.29, 1.82) is 0 Å². The molecule has 4 fully saturated rings. The van der Waals surface area contributed by atoms with Crippen LogP contribution in [0.2, 0.25) is 5.02 Å². The van der Waals surface area contributed by atoms with E-state index in [1.54, 1.807) is 12.1 Å². The largest absolute Gasteiger partial charge is 0.501 e. The molecular formula is C63H84ClF3N8O8S3. The van der Waals surface area contributed by atoms with Gasteiger partial charge in [-0.2, -0.15) is 13.2 Å². The van der Waals surface area contributed by atoms with E-state index in [0.717, 1.165) is 140 Å². The summed E-state index contributed by atoms with van der Waals surface area (Å²) >= 11 is 7.82. The summed E-state index contributed by atoms with van der Waals surface area (Å²) < 4.78 is 110. The number of hydrogen-bond acceptors (Lipinski definition) is 15. The first-order valence-electron chi connectivity index (χ1n) is 30.1. The summed E-state index contributed by atoms with van der Waals surface area (Å²) in [6.45, 7) is 22.9. The second kappa shape index (κ2) is 28.7. The molecule has 0 unspecified atom stereocenters. The Morgan fingerprint density at radius 3 is 2.14 bits per heavy atom. The first-order chi connectivity index (χ1) is 40.9. The zero-order valence-electron chi connectivity index (χ0n) is 50.0. The van der Waals surface area contributed by atoms with Crippen molar-refractivity contribution in [3.8, 4) is 0 Å². The van der Waals surface area contributed by atoms with Crippen LogP contribution in [0.4, 0.5) is 29.3 Å². The van der Waals surface area contributed by atoms with Crippen LogP contribution >= 0.6 is 23.4 Å². The maximum atomic E-state index is 14.4. The molecule has 2 N–H and O–H groups in total. The summed E-state index contributed by atoms with van der Waals surface area (Å²) in [6.07, 6.45) is 6.09. The zero-order valence-corrected chi connectivity index (χ0v) is 53.2. The molecule has 0 radical (unpaired) electrons. The minimum Gasteiger partial charge on any atom is -0.444 e. The number of carbonyl (C=O) groups is 2. The van der Waals surface area contributed by atoms with Gasteiger partial charge < -0.3 is 39.3 Å². The van der Waals surface area contributed by atoms with E-state index in [1.165, 1.54) is 40.6 Å². The average molecular weight is 1270 g/mol. The highest BCUT2D eigenvalue weighted by atomic mass is 35.5. The lowest BCUT2D eigenvalue weighted by molar-refractivity contribution is -0.0436. The number of benzene rings is 4. The maximum absolute atomic E-state index is 14.4. The van der Waals surface area contributed by atoms with Crippen LogP contribution in [-0.2, 0) is 29.3 Å². The number of sulfonamides is 1. The number of nitrogens with zero attached hydrogens (tertiary/aromatic N) is 6. The fraction of sp³-hybridized carbons (Fsp3) is 0.556. The Balaban J connectivity index is 0.797. The topological polar surface area (TPSA) is 164 Å². The number of sulfone groups is 1. The van der Waals surface area contributed by atoms with Gasteiger partial charge in [-0.1, -0.05) is 54.4 Å². The van der Waals surface area contributed by atoms with Crippen molar-refractivity contribution >= 4 is 72.2 Å². The van der Waals surface area contributed by atoms with Crippen molar-refractivity contribution in [2.75, 3.05) is 134 Å². The summed E-state index contributed by atoms with van der Waals surface area (Å²) in [4.78, 5) is 39.1. The van der Waals surface area contributed by atoms with Gasteiger partial charge in [0.2, 0.25) is 0 Å². The van der Waals surface area contributed by atoms with E-state index in [-0.39, 0.29) is 17.1 Å². The Bertz CT molecular complexity index is 3180. The third kappa shape index (κ3) is 17.9. The molecule has 2 amide bonds. The first-order valence-corrected chi connectivity index (χ1v) is 34.5. The number of rotatable bonds is 20. The molecule has 9 rings (SSSR count). The van der Waals surface area contributed by atoms with Crippen molar-refractivity contribution in [3.63, 3.8) is 0 Å². The monoisotopic (exact) mass is 1270 g/mol. The maximum Gasteiger partial charge on any atom is 0.501 e. The molecule has 4 aromatic carbocycles. The van der Waals surface area contributed by atoms with E-state index in [9.17, 15) is 39.6 Å². The first kappa shape index (κ1) is 65.5. The molecule has 23 heteroatoms. The molecule has 86 heavy (non-hydrogen) atoms. The van der Waals surface area contributed by atoms with Gasteiger partial charge in [0.05, 0.1) is 17.2 Å². The summed E-state index contributed by atoms with van der Waals surface area (Å²) in [7, 11) is -11.0. The quantitative estimate of drug-likeness (QED) is 0.0803. The van der Waals surface area contributed by atoms with Gasteiger partial charge in [-0.25, -0.2) is 26.4 Å². The molecule has 470 valence electrons. The lowest BCUT2D eigenvalue weighted by atomic mass is 9.71. The van der Waals surface area contributed by atoms with Crippen LogP contribution in [0.15, 0.2) is 117 Å². The molecule has 4 saturated heterocycles. The summed E-state index contributed by atoms with van der Waals surface area (Å²) in [5.41, 5.74) is -1.67. The number of piperidine rings is 1. The second-order valence-electron chi connectivity index (χ2n) is 25.0. The fourth-order valence-electron chi connectivity index (χ4n) is 12.4. The van der Waals surface area contributed by atoms with Crippen LogP contribution in [0, 0.1) is 11.3 Å². The Labute approximate surface area is 516 Å². The number of carbonyl (C=O) groups excluding carboxylic acids is 2. The molecular weight excluding hydrogens is 1190 g/mol. The van der Waals surface area contributed by atoms with Crippen LogP contribution in [0.5, 0.6) is 0 Å². The van der Waals surface area contributed by atoms with Gasteiger partial charge in [-0.3, -0.25) is 9.69 Å². The van der Waals surface area contributed by atoms with E-state index in [1.807, 2.05) is 72.9 Å². The fourth-order valence-corrected chi connectivity index (χ4v) is 15.5. The standard InChI is InChI=1S/C63H84ClF3N8O8S3/c1-61(2,3)83-60(77)75-28-22-47(23-29-75)43-71-30-32-73(33-31-71)46-62(4)25-21-56(48-11-15-51(64)16-12-48)50(42-62)44-72-34-36-74(37-35-72)53-17-13-49(14-18-53)59(76)69-86(80,81)55-19-20-57(58(41-55)85(78,79)63(65,66)67)68-52(45-84-54-9-6-5-7-10-54)24-27-70-26-8-39-82-40-38-70/h5-7,9-20,41,47,52,68H,8,21-40,42-46H2,1-4H3,(H,69,76)/t52-,62-/m1/s1. The number of halogens is 4. The molecule has 0 saturated carbocycles. The Hall–Kier alpha value is -4.91. The molecule has 4 aliphatic heterocycles. The number of amides is 2. The van der Waals surface area contributed by atoms with Crippen molar-refractivity contribution in [2.45, 2.75) is 104 Å². The van der Waals surface area contributed by atoms with Crippen molar-refractivity contribution in [1.82, 2.24) is 29.2 Å². The number of piperazine rings is 2. The molecule has 2 atom stereocenters. The Morgan fingerprint density at radius 2 is 1.47 bits per heavy atom. The number of thioether (sulfide) groups is 1. The third-order valence-corrected chi connectivity index (χ3v) is 21.4. The number of likely N-dealkylation sites (tertiary alicyclic amines) is 1. The molecule has 4 aromatic rings. The lowest BCUT2D eigenvalue weighted by Gasteiger charge is -2.45. The van der Waals surface area contributed by atoms with Gasteiger partial charge in [0, 0.05) is 144 Å². The van der Waals surface area contributed by atoms with Gasteiger partial charge in [0.25, 0.3) is 25.8 Å². The lowest BCUT2D eigenvalue weighted by Crippen LogP contribution is -2.52. The molecule has 0 aromatic heterocycles. The number of hydrogen-bond donors (Lipinski definition) is 2. The molecule has 16 nitrogen and oxygen atoms in total. The number of anilines is 2. The van der Waals surface area contributed by atoms with Crippen LogP contribution in [0.3, 0.4) is 0 Å². The van der Waals surface area contributed by atoms with Gasteiger partial charge in [0.1, 0.15) is 10.5 Å². The van der Waals surface area contributed by atoms with E-state index in [2.05, 4.69) is 48.9 Å². The normalized spacial score (nSPS) is 21.0. The number of nitrogens with one attached hydrogen (secondary N) is 2. The predicted octanol–water partition coefficient (Wildman–Crippen LogP) is 10.5. The van der Waals surface area contributed by atoms with E-state index in [0.29, 0.717) is 68.6 Å². The van der Waals surface area contributed by atoms with Gasteiger partial charge in [-0.05, 0) is 155 Å². The molecule has 0 bridgehead atoms. The van der Waals surface area contributed by atoms with E-state index in [4.69, 9.17) is 21.1 Å². The van der Waals surface area contributed by atoms with E-state index >= 15 is 0 Å². The second-order valence-corrected chi connectivity index (χ2v) is 30.1. The molecule has 0 spiro atoms. The van der Waals surface area contributed by atoms with Crippen LogP contribution < -0.4 is 14.9 Å². The molecule has 4 heterocycles. The van der Waals surface area contributed by atoms with Gasteiger partial charge in [-0.15, -0.1) is 11.8 Å². The SMILES string of the molecule is CC(C)(C)OC(=O)N1CCC(CN2CCN(C[C@]3(C)CCC(c4ccc(Cl)cc4)=C(CN4CCN(c5ccc(C(=O)NS(=O)(=O)c6ccc(N[C@H](CCN7CCCOCC7)CSc7ccccc7)c(S(=O)(=O)C(F)(F)F)c6)cc5)CC4)C3)CC2)CC1. The zero-order chi connectivity index (χ0) is 61.3. The molecule has 5 aliphatic rings. The summed E-state index contributed by atoms with van der Waals surface area (Å²) in [5, 5.41) is 3.73. The van der Waals surface area contributed by atoms with Crippen LogP contribution in [-0.4, -0.2) is 194 Å². The van der Waals surface area contributed by atoms with E-state index < -0.39 is 58.4 Å². The minimum absolute atomic E-state index is 0.00924. The van der Waals surface area contributed by atoms with Crippen LogP contribution in [0.1, 0.15) is 88.6 Å². The van der Waals surface area contributed by atoms with Crippen molar-refractivity contribution in [2.24, 2.45) is 11.3 Å². The Kier molecular flexibility index (Phi) is 21.9. The van der Waals surface area contributed by atoms with Gasteiger partial charge >= 0.3 is 11.6 Å². The third-order valence-electron chi connectivity index (χ3n) is 17.1. The van der Waals surface area contributed by atoms with Crippen molar-refractivity contribution in [3.05, 3.63) is 119 Å². The van der Waals surface area contributed by atoms with Crippen molar-refractivity contribution < 1.29 is 49.1 Å². The summed E-state index contributed by atoms with van der Waals surface area (Å²) in [5.74, 6) is -0.0933. The smallest absolute Gasteiger partial charge is 0.444 e. The number of ether oxygens (including phenoxy) is 2. The predicted molar refractivity (Wildman–Crippen MR) is 334 cm³/mol.